The predicted molar refractivity (Wildman–Crippen MR) is 64.5 cm³/mol. The lowest BCUT2D eigenvalue weighted by atomic mass is 10.2. The molecule has 0 aliphatic rings. The second-order valence-electron chi connectivity index (χ2n) is 3.25. The van der Waals surface area contributed by atoms with E-state index in [0.717, 1.165) is 21.6 Å². The Balaban J connectivity index is 2.62. The smallest absolute Gasteiger partial charge is 0.0410 e. The van der Waals surface area contributed by atoms with Crippen molar-refractivity contribution in [3.05, 3.63) is 33.3 Å². The van der Waals surface area contributed by atoms with Gasteiger partial charge in [0.25, 0.3) is 0 Å². The van der Waals surface area contributed by atoms with Gasteiger partial charge in [0, 0.05) is 28.6 Å². The van der Waals surface area contributed by atoms with Crippen LogP contribution in [0.1, 0.15) is 12.5 Å². The first-order valence-corrected chi connectivity index (χ1v) is 5.68. The van der Waals surface area contributed by atoms with Crippen LogP contribution >= 0.6 is 27.5 Å². The molecule has 0 unspecified atom stereocenters. The van der Waals surface area contributed by atoms with E-state index in [1.807, 2.05) is 18.2 Å². The minimum atomic E-state index is 0.320. The molecule has 1 aromatic rings. The summed E-state index contributed by atoms with van der Waals surface area (Å²) in [7, 11) is 0. The Morgan fingerprint density at radius 1 is 1.57 bits per heavy atom. The Hall–Kier alpha value is -0.0900. The van der Waals surface area contributed by atoms with Crippen LogP contribution in [0.25, 0.3) is 0 Å². The summed E-state index contributed by atoms with van der Waals surface area (Å²) in [5.74, 6) is 0. The molecule has 0 fully saturated rings. The summed E-state index contributed by atoms with van der Waals surface area (Å²) in [5, 5.41) is 4.06. The van der Waals surface area contributed by atoms with Gasteiger partial charge in [-0.2, -0.15) is 0 Å². The third kappa shape index (κ3) is 3.58. The zero-order chi connectivity index (χ0) is 10.6. The van der Waals surface area contributed by atoms with Gasteiger partial charge >= 0.3 is 0 Å². The maximum atomic E-state index is 5.89. The Kier molecular flexibility index (Phi) is 4.89. The average molecular weight is 278 g/mol. The molecule has 0 saturated carbocycles. The maximum absolute atomic E-state index is 5.89. The minimum absolute atomic E-state index is 0.320. The molecule has 1 aromatic carbocycles. The van der Waals surface area contributed by atoms with Crippen LogP contribution in [0.3, 0.4) is 0 Å². The molecule has 1 atom stereocenters. The molecule has 78 valence electrons. The van der Waals surface area contributed by atoms with Crippen molar-refractivity contribution in [1.29, 1.82) is 0 Å². The van der Waals surface area contributed by atoms with Crippen LogP contribution in [0.2, 0.25) is 5.02 Å². The van der Waals surface area contributed by atoms with Crippen molar-refractivity contribution in [3.63, 3.8) is 0 Å². The molecule has 0 bridgehead atoms. The van der Waals surface area contributed by atoms with Gasteiger partial charge in [-0.25, -0.2) is 0 Å². The molecule has 0 aliphatic carbocycles. The Morgan fingerprint density at radius 2 is 2.29 bits per heavy atom. The molecule has 3 N–H and O–H groups in total. The van der Waals surface area contributed by atoms with E-state index in [9.17, 15) is 0 Å². The van der Waals surface area contributed by atoms with Gasteiger partial charge in [0.1, 0.15) is 0 Å². The first-order valence-electron chi connectivity index (χ1n) is 4.51. The molecule has 1 rings (SSSR count). The summed E-state index contributed by atoms with van der Waals surface area (Å²) >= 11 is 9.37. The van der Waals surface area contributed by atoms with Crippen molar-refractivity contribution in [2.75, 3.05) is 6.54 Å². The predicted octanol–water partition coefficient (Wildman–Crippen LogP) is 2.54. The number of hydrogen-bond acceptors (Lipinski definition) is 2. The van der Waals surface area contributed by atoms with Gasteiger partial charge in [0.15, 0.2) is 0 Å². The van der Waals surface area contributed by atoms with Crippen LogP contribution in [-0.2, 0) is 6.54 Å². The van der Waals surface area contributed by atoms with Crippen LogP contribution in [0.15, 0.2) is 22.7 Å². The third-order valence-corrected chi connectivity index (χ3v) is 3.01. The van der Waals surface area contributed by atoms with Gasteiger partial charge in [-0.15, -0.1) is 0 Å². The van der Waals surface area contributed by atoms with Gasteiger partial charge in [-0.3, -0.25) is 0 Å². The Morgan fingerprint density at radius 3 is 2.93 bits per heavy atom. The maximum Gasteiger partial charge on any atom is 0.0410 e. The molecule has 0 saturated heterocycles. The van der Waals surface area contributed by atoms with E-state index in [1.165, 1.54) is 0 Å². The summed E-state index contributed by atoms with van der Waals surface area (Å²) in [6.45, 7) is 3.47. The number of nitrogens with two attached hydrogens (primary N) is 1. The summed E-state index contributed by atoms with van der Waals surface area (Å²) in [5.41, 5.74) is 6.65. The van der Waals surface area contributed by atoms with E-state index in [4.69, 9.17) is 17.3 Å². The summed E-state index contributed by atoms with van der Waals surface area (Å²) < 4.78 is 1.07. The lowest BCUT2D eigenvalue weighted by molar-refractivity contribution is 0.555. The van der Waals surface area contributed by atoms with Gasteiger partial charge in [0.05, 0.1) is 0 Å². The molecule has 0 aromatic heterocycles. The fraction of sp³-hybridized carbons (Fsp3) is 0.400. The SMILES string of the molecule is C[C@@H](CN)NCc1cc(Cl)ccc1Br. The molecule has 0 heterocycles. The van der Waals surface area contributed by atoms with Crippen molar-refractivity contribution in [1.82, 2.24) is 5.32 Å². The molecule has 4 heteroatoms. The molecule has 0 aliphatic heterocycles. The molecule has 2 nitrogen and oxygen atoms in total. The molecular weight excluding hydrogens is 263 g/mol. The summed E-state index contributed by atoms with van der Waals surface area (Å²) in [6.07, 6.45) is 0. The number of hydrogen-bond donors (Lipinski definition) is 2. The fourth-order valence-electron chi connectivity index (χ4n) is 1.05. The van der Waals surface area contributed by atoms with Crippen LogP contribution in [0, 0.1) is 0 Å². The largest absolute Gasteiger partial charge is 0.329 e. The van der Waals surface area contributed by atoms with E-state index in [-0.39, 0.29) is 0 Å². The van der Waals surface area contributed by atoms with Gasteiger partial charge < -0.3 is 11.1 Å². The standard InChI is InChI=1S/C10H14BrClN2/c1-7(5-13)14-6-8-4-9(12)2-3-10(8)11/h2-4,7,14H,5-6,13H2,1H3/t7-/m0/s1. The van der Waals surface area contributed by atoms with Gasteiger partial charge in [-0.1, -0.05) is 27.5 Å². The van der Waals surface area contributed by atoms with E-state index >= 15 is 0 Å². The summed E-state index contributed by atoms with van der Waals surface area (Å²) in [6, 6.07) is 6.08. The van der Waals surface area contributed by atoms with Crippen LogP contribution < -0.4 is 11.1 Å². The topological polar surface area (TPSA) is 38.0 Å². The Labute approximate surface area is 98.0 Å². The number of halogens is 2. The monoisotopic (exact) mass is 276 g/mol. The molecule has 0 amide bonds. The quantitative estimate of drug-likeness (QED) is 0.887. The first kappa shape index (κ1) is 12.0. The van der Waals surface area contributed by atoms with E-state index < -0.39 is 0 Å². The van der Waals surface area contributed by atoms with Crippen molar-refractivity contribution in [2.24, 2.45) is 5.73 Å². The number of benzene rings is 1. The zero-order valence-electron chi connectivity index (χ0n) is 8.06. The van der Waals surface area contributed by atoms with Gasteiger partial charge in [0.2, 0.25) is 0 Å². The number of nitrogens with one attached hydrogen (secondary N) is 1. The highest BCUT2D eigenvalue weighted by Crippen LogP contribution is 2.20. The second kappa shape index (κ2) is 5.71. The number of rotatable bonds is 4. The van der Waals surface area contributed by atoms with Crippen LogP contribution in [-0.4, -0.2) is 12.6 Å². The van der Waals surface area contributed by atoms with Crippen molar-refractivity contribution in [2.45, 2.75) is 19.5 Å². The lowest BCUT2D eigenvalue weighted by Gasteiger charge is -2.12. The van der Waals surface area contributed by atoms with E-state index in [1.54, 1.807) is 0 Å². The van der Waals surface area contributed by atoms with Crippen molar-refractivity contribution >= 4 is 27.5 Å². The van der Waals surface area contributed by atoms with Crippen LogP contribution in [0.5, 0.6) is 0 Å². The Bertz CT molecular complexity index is 304. The highest BCUT2D eigenvalue weighted by atomic mass is 79.9. The van der Waals surface area contributed by atoms with Gasteiger partial charge in [-0.05, 0) is 30.7 Å². The van der Waals surface area contributed by atoms with E-state index in [0.29, 0.717) is 12.6 Å². The highest BCUT2D eigenvalue weighted by Gasteiger charge is 2.02. The fourth-order valence-corrected chi connectivity index (χ4v) is 1.63. The first-order chi connectivity index (χ1) is 6.63. The van der Waals surface area contributed by atoms with Crippen molar-refractivity contribution in [3.8, 4) is 0 Å². The van der Waals surface area contributed by atoms with E-state index in [2.05, 4.69) is 28.2 Å². The molecular formula is C10H14BrClN2. The van der Waals surface area contributed by atoms with Crippen LogP contribution in [0.4, 0.5) is 0 Å². The normalized spacial score (nSPS) is 12.9. The highest BCUT2D eigenvalue weighted by molar-refractivity contribution is 9.10. The molecule has 14 heavy (non-hydrogen) atoms. The zero-order valence-corrected chi connectivity index (χ0v) is 10.4. The average Bonchev–Trinajstić information content (AvgIpc) is 2.19. The lowest BCUT2D eigenvalue weighted by Crippen LogP contribution is -2.32. The second-order valence-corrected chi connectivity index (χ2v) is 4.54. The minimum Gasteiger partial charge on any atom is -0.329 e. The van der Waals surface area contributed by atoms with Crippen molar-refractivity contribution < 1.29 is 0 Å². The summed E-state index contributed by atoms with van der Waals surface area (Å²) in [4.78, 5) is 0. The third-order valence-electron chi connectivity index (χ3n) is 2.00. The molecule has 0 radical (unpaired) electrons. The molecule has 0 spiro atoms.